The number of amides is 1. The molecule has 3 N–H and O–H groups in total. The van der Waals surface area contributed by atoms with E-state index in [2.05, 4.69) is 10.1 Å². The molecule has 29 heavy (non-hydrogen) atoms. The van der Waals surface area contributed by atoms with Gasteiger partial charge >= 0.3 is 6.61 Å². The highest BCUT2D eigenvalue weighted by Gasteiger charge is 2.13. The van der Waals surface area contributed by atoms with Gasteiger partial charge in [0, 0.05) is 11.8 Å². The van der Waals surface area contributed by atoms with Crippen LogP contribution in [0.3, 0.4) is 0 Å². The number of carbonyl (C=O) groups excluding carboxylic acids is 1. The van der Waals surface area contributed by atoms with Crippen LogP contribution in [0.4, 0.5) is 14.5 Å². The van der Waals surface area contributed by atoms with Crippen LogP contribution in [0.25, 0.3) is 6.08 Å². The quantitative estimate of drug-likeness (QED) is 0.630. The maximum atomic E-state index is 12.4. The van der Waals surface area contributed by atoms with Gasteiger partial charge in [0.2, 0.25) is 15.9 Å². The lowest BCUT2D eigenvalue weighted by atomic mass is 10.2. The number of hydrogen-bond acceptors (Lipinski definition) is 5. The third kappa shape index (κ3) is 6.54. The summed E-state index contributed by atoms with van der Waals surface area (Å²) in [5, 5.41) is 7.68. The Bertz CT molecular complexity index is 1020. The van der Waals surface area contributed by atoms with Gasteiger partial charge in [0.15, 0.2) is 11.5 Å². The number of ether oxygens (including phenoxy) is 2. The molecule has 0 unspecified atom stereocenters. The fourth-order valence-electron chi connectivity index (χ4n) is 2.43. The molecule has 0 aliphatic heterocycles. The van der Waals surface area contributed by atoms with Crippen molar-refractivity contribution in [3.8, 4) is 11.5 Å². The molecular formula is C19H20F2N2O5S. The van der Waals surface area contributed by atoms with E-state index in [1.54, 1.807) is 19.9 Å². The summed E-state index contributed by atoms with van der Waals surface area (Å²) in [5.74, 6) is -0.523. The lowest BCUT2D eigenvalue weighted by Gasteiger charge is -2.11. The Kier molecular flexibility index (Phi) is 7.29. The van der Waals surface area contributed by atoms with Gasteiger partial charge in [-0.15, -0.1) is 0 Å². The number of rotatable bonds is 8. The predicted octanol–water partition coefficient (Wildman–Crippen LogP) is 3.29. The number of sulfonamides is 1. The number of nitrogens with two attached hydrogens (primary N) is 1. The highest BCUT2D eigenvalue weighted by atomic mass is 32.2. The van der Waals surface area contributed by atoms with E-state index in [1.165, 1.54) is 42.5 Å². The molecule has 0 aromatic heterocycles. The summed E-state index contributed by atoms with van der Waals surface area (Å²) in [6.07, 6.45) is 2.65. The lowest BCUT2D eigenvalue weighted by molar-refractivity contribution is -0.111. The van der Waals surface area contributed by atoms with Gasteiger partial charge in [-0.1, -0.05) is 12.1 Å². The number of carbonyl (C=O) groups is 1. The molecule has 0 spiro atoms. The SMILES string of the molecule is CCOc1cc(C=CC(=O)Nc2ccc(C)c(S(N)(=O)=O)c2)ccc1OC(F)F. The van der Waals surface area contributed by atoms with E-state index >= 15 is 0 Å². The van der Waals surface area contributed by atoms with Gasteiger partial charge in [-0.25, -0.2) is 13.6 Å². The van der Waals surface area contributed by atoms with Gasteiger partial charge in [0.25, 0.3) is 0 Å². The van der Waals surface area contributed by atoms with Gasteiger partial charge in [-0.2, -0.15) is 8.78 Å². The number of hydrogen-bond donors (Lipinski definition) is 2. The monoisotopic (exact) mass is 426 g/mol. The molecule has 0 fully saturated rings. The summed E-state index contributed by atoms with van der Waals surface area (Å²) in [6.45, 7) is 0.535. The summed E-state index contributed by atoms with van der Waals surface area (Å²) in [6, 6.07) is 8.58. The van der Waals surface area contributed by atoms with E-state index in [-0.39, 0.29) is 28.7 Å². The zero-order valence-corrected chi connectivity index (χ0v) is 16.5. The van der Waals surface area contributed by atoms with Crippen LogP contribution < -0.4 is 19.9 Å². The second-order valence-electron chi connectivity index (χ2n) is 5.87. The van der Waals surface area contributed by atoms with E-state index < -0.39 is 22.5 Å². The minimum absolute atomic E-state index is 0.0877. The molecule has 0 atom stereocenters. The molecule has 2 aromatic rings. The van der Waals surface area contributed by atoms with E-state index in [4.69, 9.17) is 9.88 Å². The maximum Gasteiger partial charge on any atom is 0.387 e. The first-order chi connectivity index (χ1) is 13.6. The fourth-order valence-corrected chi connectivity index (χ4v) is 3.24. The number of primary sulfonamides is 1. The van der Waals surface area contributed by atoms with Gasteiger partial charge in [-0.05, 0) is 55.3 Å². The number of halogens is 2. The van der Waals surface area contributed by atoms with Crippen molar-refractivity contribution >= 4 is 27.7 Å². The predicted molar refractivity (Wildman–Crippen MR) is 104 cm³/mol. The Hall–Kier alpha value is -2.98. The molecule has 7 nitrogen and oxygen atoms in total. The Balaban J connectivity index is 2.16. The van der Waals surface area contributed by atoms with Crippen molar-refractivity contribution in [2.75, 3.05) is 11.9 Å². The van der Waals surface area contributed by atoms with Crippen LogP contribution in [0.15, 0.2) is 47.4 Å². The molecule has 0 aliphatic carbocycles. The Labute approximate surface area is 167 Å². The second-order valence-corrected chi connectivity index (χ2v) is 7.40. The minimum atomic E-state index is -3.92. The Morgan fingerprint density at radius 3 is 2.55 bits per heavy atom. The zero-order chi connectivity index (χ0) is 21.6. The number of alkyl halides is 2. The van der Waals surface area contributed by atoms with Crippen molar-refractivity contribution in [1.29, 1.82) is 0 Å². The van der Waals surface area contributed by atoms with E-state index in [0.29, 0.717) is 11.1 Å². The van der Waals surface area contributed by atoms with Crippen LogP contribution in [0.1, 0.15) is 18.1 Å². The average molecular weight is 426 g/mol. The minimum Gasteiger partial charge on any atom is -0.490 e. The highest BCUT2D eigenvalue weighted by molar-refractivity contribution is 7.89. The summed E-state index contributed by atoms with van der Waals surface area (Å²) < 4.78 is 57.7. The van der Waals surface area contributed by atoms with Crippen LogP contribution in [-0.2, 0) is 14.8 Å². The van der Waals surface area contributed by atoms with Crippen molar-refractivity contribution < 1.29 is 31.5 Å². The maximum absolute atomic E-state index is 12.4. The first-order valence-electron chi connectivity index (χ1n) is 8.44. The van der Waals surface area contributed by atoms with Gasteiger partial charge in [0.05, 0.1) is 11.5 Å². The van der Waals surface area contributed by atoms with Crippen LogP contribution in [0, 0.1) is 6.92 Å². The largest absolute Gasteiger partial charge is 0.490 e. The molecule has 0 saturated heterocycles. The summed E-state index contributed by atoms with van der Waals surface area (Å²) in [4.78, 5) is 12.0. The van der Waals surface area contributed by atoms with E-state index in [9.17, 15) is 22.0 Å². The van der Waals surface area contributed by atoms with Crippen molar-refractivity contribution in [2.24, 2.45) is 5.14 Å². The third-order valence-corrected chi connectivity index (χ3v) is 4.73. The van der Waals surface area contributed by atoms with Gasteiger partial charge < -0.3 is 14.8 Å². The smallest absolute Gasteiger partial charge is 0.387 e. The summed E-state index contributed by atoms with van der Waals surface area (Å²) >= 11 is 0. The van der Waals surface area contributed by atoms with Gasteiger partial charge in [0.1, 0.15) is 0 Å². The molecule has 0 radical (unpaired) electrons. The number of nitrogens with one attached hydrogen (secondary N) is 1. The van der Waals surface area contributed by atoms with Gasteiger partial charge in [-0.3, -0.25) is 4.79 Å². The first kappa shape index (κ1) is 22.3. The molecular weight excluding hydrogens is 406 g/mol. The number of aryl methyl sites for hydroxylation is 1. The molecule has 10 heteroatoms. The summed E-state index contributed by atoms with van der Waals surface area (Å²) in [5.41, 5.74) is 1.22. The molecule has 156 valence electrons. The van der Waals surface area contributed by atoms with Crippen molar-refractivity contribution in [3.63, 3.8) is 0 Å². The average Bonchev–Trinajstić information content (AvgIpc) is 2.62. The third-order valence-electron chi connectivity index (χ3n) is 3.67. The number of anilines is 1. The first-order valence-corrected chi connectivity index (χ1v) is 9.99. The van der Waals surface area contributed by atoms with Crippen molar-refractivity contribution in [3.05, 3.63) is 53.6 Å². The highest BCUT2D eigenvalue weighted by Crippen LogP contribution is 2.30. The van der Waals surface area contributed by atoms with E-state index in [1.807, 2.05) is 0 Å². The molecule has 1 amide bonds. The molecule has 0 heterocycles. The van der Waals surface area contributed by atoms with Crippen LogP contribution >= 0.6 is 0 Å². The molecule has 2 aromatic carbocycles. The van der Waals surface area contributed by atoms with Crippen LogP contribution in [0.5, 0.6) is 11.5 Å². The van der Waals surface area contributed by atoms with Crippen molar-refractivity contribution in [2.45, 2.75) is 25.4 Å². The molecule has 2 rings (SSSR count). The summed E-state index contributed by atoms with van der Waals surface area (Å²) in [7, 11) is -3.92. The molecule has 0 bridgehead atoms. The van der Waals surface area contributed by atoms with E-state index in [0.717, 1.165) is 0 Å². The lowest BCUT2D eigenvalue weighted by Crippen LogP contribution is -2.15. The molecule has 0 saturated carbocycles. The normalized spacial score (nSPS) is 11.7. The number of benzene rings is 2. The standard InChI is InChI=1S/C19H20F2N2O5S/c1-3-27-16-10-13(5-8-15(16)28-19(20)21)6-9-18(24)23-14-7-4-12(2)17(11-14)29(22,25)26/h4-11,19H,3H2,1-2H3,(H,23,24)(H2,22,25,26). The van der Waals surface area contributed by atoms with Crippen molar-refractivity contribution in [1.82, 2.24) is 0 Å². The Morgan fingerprint density at radius 1 is 1.21 bits per heavy atom. The zero-order valence-electron chi connectivity index (χ0n) is 15.7. The second kappa shape index (κ2) is 9.48. The molecule has 0 aliphatic rings. The van der Waals surface area contributed by atoms with Crippen LogP contribution in [-0.4, -0.2) is 27.5 Å². The van der Waals surface area contributed by atoms with Crippen LogP contribution in [0.2, 0.25) is 0 Å². The fraction of sp³-hybridized carbons (Fsp3) is 0.211. The Morgan fingerprint density at radius 2 is 1.93 bits per heavy atom. The topological polar surface area (TPSA) is 108 Å².